The van der Waals surface area contributed by atoms with Crippen molar-refractivity contribution in [2.45, 2.75) is 39.5 Å². The molecule has 1 aromatic heterocycles. The molecule has 0 atom stereocenters. The molecule has 10 rings (SSSR count). The Kier molecular flexibility index (Phi) is 7.59. The number of benzene rings is 7. The van der Waals surface area contributed by atoms with Crippen LogP contribution in [0.4, 0.5) is 17.1 Å². The van der Waals surface area contributed by atoms with Crippen molar-refractivity contribution >= 4 is 50.9 Å². The first-order valence-corrected chi connectivity index (χ1v) is 19.0. The monoisotopic (exact) mass is 694 g/mol. The SMILES string of the molecule is CC(C)c1cccc(N2c3cc(C(C)C)ccc3B3c4ccccc4-c4cc(-c5nc(-c6ccccc6)nc(-c6cccc7ccccc67)n5)cc2c43)c1. The fraction of sp³-hybridized carbons (Fsp3) is 0.122. The molecular formula is C49H39BN4. The van der Waals surface area contributed by atoms with Crippen molar-refractivity contribution in [2.75, 3.05) is 4.90 Å². The van der Waals surface area contributed by atoms with Crippen molar-refractivity contribution in [2.24, 2.45) is 0 Å². The Labute approximate surface area is 317 Å². The summed E-state index contributed by atoms with van der Waals surface area (Å²) in [5, 5.41) is 2.27. The van der Waals surface area contributed by atoms with E-state index in [1.54, 1.807) is 0 Å². The average Bonchev–Trinajstić information content (AvgIpc) is 3.55. The summed E-state index contributed by atoms with van der Waals surface area (Å²) in [7, 11) is 0. The minimum atomic E-state index is 0.130. The minimum Gasteiger partial charge on any atom is -0.311 e. The molecule has 0 unspecified atom stereocenters. The molecule has 5 heteroatoms. The van der Waals surface area contributed by atoms with Crippen LogP contribution < -0.4 is 21.3 Å². The third kappa shape index (κ3) is 5.18. The molecule has 0 fully saturated rings. The molecule has 0 N–H and O–H groups in total. The normalized spacial score (nSPS) is 12.7. The summed E-state index contributed by atoms with van der Waals surface area (Å²) in [6, 6.07) is 54.9. The number of aromatic nitrogens is 3. The van der Waals surface area contributed by atoms with E-state index in [2.05, 4.69) is 166 Å². The summed E-state index contributed by atoms with van der Waals surface area (Å²) >= 11 is 0. The number of fused-ring (bicyclic) bond motifs is 6. The Morgan fingerprint density at radius 3 is 1.96 bits per heavy atom. The number of nitrogens with zero attached hydrogens (tertiary/aromatic N) is 4. The molecule has 0 bridgehead atoms. The molecule has 3 heterocycles. The third-order valence-electron chi connectivity index (χ3n) is 11.3. The molecule has 258 valence electrons. The highest BCUT2D eigenvalue weighted by Gasteiger charge is 2.43. The van der Waals surface area contributed by atoms with E-state index in [-0.39, 0.29) is 6.71 Å². The molecule has 4 nitrogen and oxygen atoms in total. The van der Waals surface area contributed by atoms with Gasteiger partial charge in [0.15, 0.2) is 17.5 Å². The maximum Gasteiger partial charge on any atom is 0.248 e. The lowest BCUT2D eigenvalue weighted by Crippen LogP contribution is -2.54. The molecule has 2 aliphatic heterocycles. The van der Waals surface area contributed by atoms with Crippen LogP contribution in [-0.2, 0) is 0 Å². The smallest absolute Gasteiger partial charge is 0.248 e. The highest BCUT2D eigenvalue weighted by molar-refractivity contribution is 7.01. The second-order valence-electron chi connectivity index (χ2n) is 15.2. The standard InChI is InChI=1S/C49H39BN4/c1-30(2)34-18-12-19-37(26-34)54-44-28-35(31(3)4)24-25-43(44)50-42-23-11-10-21-39(42)41-27-36(29-45(54)46(41)50)48-51-47(33-15-6-5-7-16-33)52-49(53-48)40-22-13-17-32-14-8-9-20-38(32)40/h5-31H,1-4H3. The first kappa shape index (κ1) is 32.3. The minimum absolute atomic E-state index is 0.130. The second kappa shape index (κ2) is 12.7. The van der Waals surface area contributed by atoms with Gasteiger partial charge in [-0.1, -0.05) is 154 Å². The fourth-order valence-electron chi connectivity index (χ4n) is 8.50. The summed E-state index contributed by atoms with van der Waals surface area (Å²) < 4.78 is 0. The summed E-state index contributed by atoms with van der Waals surface area (Å²) in [5.74, 6) is 2.78. The van der Waals surface area contributed by atoms with Gasteiger partial charge in [-0.05, 0) is 86.1 Å². The summed E-state index contributed by atoms with van der Waals surface area (Å²) in [6.45, 7) is 9.22. The molecule has 0 aliphatic carbocycles. The largest absolute Gasteiger partial charge is 0.311 e. The van der Waals surface area contributed by atoms with E-state index in [4.69, 9.17) is 15.0 Å². The van der Waals surface area contributed by atoms with E-state index < -0.39 is 0 Å². The average molecular weight is 695 g/mol. The van der Waals surface area contributed by atoms with E-state index in [9.17, 15) is 0 Å². The Morgan fingerprint density at radius 2 is 1.13 bits per heavy atom. The Bertz CT molecular complexity index is 2750. The van der Waals surface area contributed by atoms with Crippen LogP contribution in [0.3, 0.4) is 0 Å². The van der Waals surface area contributed by atoms with Crippen LogP contribution in [0.25, 0.3) is 56.1 Å². The van der Waals surface area contributed by atoms with Crippen LogP contribution >= 0.6 is 0 Å². The van der Waals surface area contributed by atoms with Gasteiger partial charge in [0.25, 0.3) is 0 Å². The first-order chi connectivity index (χ1) is 26.4. The van der Waals surface area contributed by atoms with Gasteiger partial charge in [-0.15, -0.1) is 0 Å². The zero-order valence-electron chi connectivity index (χ0n) is 31.0. The highest BCUT2D eigenvalue weighted by Crippen LogP contribution is 2.44. The lowest BCUT2D eigenvalue weighted by atomic mass is 9.37. The van der Waals surface area contributed by atoms with Crippen molar-refractivity contribution in [3.05, 3.63) is 163 Å². The van der Waals surface area contributed by atoms with Gasteiger partial charge in [0.2, 0.25) is 6.71 Å². The van der Waals surface area contributed by atoms with E-state index in [1.165, 1.54) is 50.0 Å². The van der Waals surface area contributed by atoms with E-state index in [1.807, 2.05) is 18.2 Å². The zero-order valence-corrected chi connectivity index (χ0v) is 31.0. The summed E-state index contributed by atoms with van der Waals surface area (Å²) in [5.41, 5.74) is 15.7. The highest BCUT2D eigenvalue weighted by atomic mass is 15.2. The molecule has 2 aliphatic rings. The molecule has 0 amide bonds. The van der Waals surface area contributed by atoms with Crippen molar-refractivity contribution < 1.29 is 0 Å². The molecule has 0 saturated carbocycles. The van der Waals surface area contributed by atoms with Gasteiger partial charge in [0.1, 0.15) is 0 Å². The van der Waals surface area contributed by atoms with Crippen molar-refractivity contribution in [3.63, 3.8) is 0 Å². The lowest BCUT2D eigenvalue weighted by Gasteiger charge is -2.37. The lowest BCUT2D eigenvalue weighted by molar-refractivity contribution is 0.865. The van der Waals surface area contributed by atoms with Gasteiger partial charge in [-0.2, -0.15) is 0 Å². The topological polar surface area (TPSA) is 41.9 Å². The first-order valence-electron chi connectivity index (χ1n) is 19.0. The molecular weight excluding hydrogens is 655 g/mol. The molecule has 8 aromatic rings. The Balaban J connectivity index is 1.27. The van der Waals surface area contributed by atoms with E-state index in [0.29, 0.717) is 29.3 Å². The number of rotatable bonds is 6. The zero-order chi connectivity index (χ0) is 36.5. The molecule has 0 saturated heterocycles. The van der Waals surface area contributed by atoms with Gasteiger partial charge >= 0.3 is 0 Å². The van der Waals surface area contributed by atoms with Crippen LogP contribution in [-0.4, -0.2) is 21.7 Å². The second-order valence-corrected chi connectivity index (χ2v) is 15.2. The van der Waals surface area contributed by atoms with E-state index in [0.717, 1.165) is 33.2 Å². The number of hydrogen-bond acceptors (Lipinski definition) is 4. The maximum atomic E-state index is 5.32. The van der Waals surface area contributed by atoms with Gasteiger partial charge in [-0.25, -0.2) is 15.0 Å². The van der Waals surface area contributed by atoms with Crippen LogP contribution in [0.5, 0.6) is 0 Å². The molecule has 0 radical (unpaired) electrons. The molecule has 7 aromatic carbocycles. The third-order valence-corrected chi connectivity index (χ3v) is 11.3. The van der Waals surface area contributed by atoms with Crippen molar-refractivity contribution in [3.8, 4) is 45.3 Å². The predicted octanol–water partition coefficient (Wildman–Crippen LogP) is 10.6. The van der Waals surface area contributed by atoms with Gasteiger partial charge in [-0.3, -0.25) is 0 Å². The number of anilines is 3. The quantitative estimate of drug-likeness (QED) is 0.163. The predicted molar refractivity (Wildman–Crippen MR) is 227 cm³/mol. The Morgan fingerprint density at radius 1 is 0.463 bits per heavy atom. The van der Waals surface area contributed by atoms with Crippen molar-refractivity contribution in [1.82, 2.24) is 15.0 Å². The van der Waals surface area contributed by atoms with Gasteiger partial charge in [0, 0.05) is 33.8 Å². The van der Waals surface area contributed by atoms with Crippen molar-refractivity contribution in [1.29, 1.82) is 0 Å². The van der Waals surface area contributed by atoms with Crippen LogP contribution in [0, 0.1) is 0 Å². The fourth-order valence-corrected chi connectivity index (χ4v) is 8.50. The molecule has 54 heavy (non-hydrogen) atoms. The molecule has 0 spiro atoms. The number of hydrogen-bond donors (Lipinski definition) is 0. The Hall–Kier alpha value is -6.33. The van der Waals surface area contributed by atoms with E-state index >= 15 is 0 Å². The summed E-state index contributed by atoms with van der Waals surface area (Å²) in [6.07, 6.45) is 0. The summed E-state index contributed by atoms with van der Waals surface area (Å²) in [4.78, 5) is 18.2. The maximum absolute atomic E-state index is 5.32. The van der Waals surface area contributed by atoms with Crippen LogP contribution in [0.1, 0.15) is 50.7 Å². The van der Waals surface area contributed by atoms with Crippen LogP contribution in [0.15, 0.2) is 152 Å². The van der Waals surface area contributed by atoms with Gasteiger partial charge < -0.3 is 4.90 Å². The van der Waals surface area contributed by atoms with Crippen LogP contribution in [0.2, 0.25) is 0 Å². The van der Waals surface area contributed by atoms with Gasteiger partial charge in [0.05, 0.1) is 0 Å².